The summed E-state index contributed by atoms with van der Waals surface area (Å²) in [6, 6.07) is 3.68. The first kappa shape index (κ1) is 12.9. The summed E-state index contributed by atoms with van der Waals surface area (Å²) >= 11 is 7.24. The second-order valence-electron chi connectivity index (χ2n) is 3.68. The fraction of sp³-hybridized carbons (Fsp3) is 0.273. The summed E-state index contributed by atoms with van der Waals surface area (Å²) < 4.78 is 2.33. The van der Waals surface area contributed by atoms with Crippen molar-refractivity contribution < 1.29 is 4.79 Å². The third-order valence-electron chi connectivity index (χ3n) is 2.38. The van der Waals surface area contributed by atoms with Crippen molar-refractivity contribution in [1.29, 1.82) is 0 Å². The number of hydrogen-bond acceptors (Lipinski definition) is 4. The number of nitrogens with one attached hydrogen (secondary N) is 1. The summed E-state index contributed by atoms with van der Waals surface area (Å²) in [6.45, 7) is 3.04. The predicted octanol–water partition coefficient (Wildman–Crippen LogP) is 2.13. The van der Waals surface area contributed by atoms with E-state index >= 15 is 0 Å². The highest BCUT2D eigenvalue weighted by Gasteiger charge is 2.14. The van der Waals surface area contributed by atoms with E-state index in [0.717, 1.165) is 4.88 Å². The summed E-state index contributed by atoms with van der Waals surface area (Å²) in [4.78, 5) is 12.9. The van der Waals surface area contributed by atoms with E-state index in [2.05, 4.69) is 10.4 Å². The lowest BCUT2D eigenvalue weighted by molar-refractivity contribution is 0.0946. The molecule has 0 saturated heterocycles. The smallest absolute Gasteiger partial charge is 0.274 e. The number of nitrogens with two attached hydrogens (primary N) is 1. The van der Waals surface area contributed by atoms with Crippen LogP contribution in [0.15, 0.2) is 18.3 Å². The van der Waals surface area contributed by atoms with Crippen molar-refractivity contribution >= 4 is 34.5 Å². The number of nitrogen functional groups attached to an aromatic ring is 1. The van der Waals surface area contributed by atoms with Gasteiger partial charge in [0.25, 0.3) is 5.91 Å². The highest BCUT2D eigenvalue weighted by Crippen LogP contribution is 2.21. The standard InChI is InChI=1S/C11H13ClN4OS/c1-2-16-6-8(13)10(15-16)11(17)14-5-7-3-4-9(12)18-7/h3-4,6H,2,5,13H2,1H3,(H,14,17). The Hall–Kier alpha value is -1.53. The van der Waals surface area contributed by atoms with Gasteiger partial charge in [0.15, 0.2) is 5.69 Å². The van der Waals surface area contributed by atoms with Crippen LogP contribution in [0.25, 0.3) is 0 Å². The summed E-state index contributed by atoms with van der Waals surface area (Å²) in [5, 5.41) is 6.87. The fourth-order valence-corrected chi connectivity index (χ4v) is 2.50. The van der Waals surface area contributed by atoms with Crippen LogP contribution in [0.2, 0.25) is 4.34 Å². The third kappa shape index (κ3) is 2.83. The number of aromatic nitrogens is 2. The molecule has 0 unspecified atom stereocenters. The molecule has 0 aromatic carbocycles. The van der Waals surface area contributed by atoms with Gasteiger partial charge in [-0.15, -0.1) is 11.3 Å². The first-order valence-electron chi connectivity index (χ1n) is 5.45. The lowest BCUT2D eigenvalue weighted by atomic mass is 10.3. The van der Waals surface area contributed by atoms with E-state index in [9.17, 15) is 4.79 Å². The number of halogens is 1. The molecule has 0 bridgehead atoms. The average Bonchev–Trinajstić information content (AvgIpc) is 2.92. The number of carbonyl (C=O) groups excluding carboxylic acids is 1. The van der Waals surface area contributed by atoms with Crippen LogP contribution in [0.5, 0.6) is 0 Å². The molecule has 96 valence electrons. The van der Waals surface area contributed by atoms with Crippen LogP contribution in [0.3, 0.4) is 0 Å². The van der Waals surface area contributed by atoms with Crippen LogP contribution in [0, 0.1) is 0 Å². The van der Waals surface area contributed by atoms with Crippen LogP contribution in [0.4, 0.5) is 5.69 Å². The predicted molar refractivity (Wildman–Crippen MR) is 72.8 cm³/mol. The second kappa shape index (κ2) is 5.41. The Morgan fingerprint density at radius 3 is 2.94 bits per heavy atom. The number of amides is 1. The Morgan fingerprint density at radius 2 is 2.39 bits per heavy atom. The first-order valence-corrected chi connectivity index (χ1v) is 6.65. The van der Waals surface area contributed by atoms with Crippen molar-refractivity contribution in [3.05, 3.63) is 33.2 Å². The Labute approximate surface area is 114 Å². The molecule has 18 heavy (non-hydrogen) atoms. The van der Waals surface area contributed by atoms with Gasteiger partial charge in [-0.05, 0) is 19.1 Å². The molecule has 0 radical (unpaired) electrons. The Bertz CT molecular complexity index is 563. The molecule has 1 amide bonds. The Balaban J connectivity index is 2.01. The van der Waals surface area contributed by atoms with E-state index in [0.29, 0.717) is 23.1 Å². The van der Waals surface area contributed by atoms with Crippen molar-refractivity contribution in [3.63, 3.8) is 0 Å². The zero-order valence-electron chi connectivity index (χ0n) is 9.81. The number of anilines is 1. The minimum atomic E-state index is -0.274. The maximum atomic E-state index is 11.9. The number of hydrogen-bond donors (Lipinski definition) is 2. The molecule has 7 heteroatoms. The van der Waals surface area contributed by atoms with Crippen LogP contribution < -0.4 is 11.1 Å². The molecule has 0 aliphatic heterocycles. The summed E-state index contributed by atoms with van der Waals surface area (Å²) in [6.07, 6.45) is 1.65. The number of thiophene rings is 1. The molecule has 0 saturated carbocycles. The van der Waals surface area contributed by atoms with Gasteiger partial charge < -0.3 is 11.1 Å². The van der Waals surface area contributed by atoms with Gasteiger partial charge >= 0.3 is 0 Å². The molecule has 2 rings (SSSR count). The first-order chi connectivity index (χ1) is 8.60. The quantitative estimate of drug-likeness (QED) is 0.903. The summed E-state index contributed by atoms with van der Waals surface area (Å²) in [5.74, 6) is -0.274. The zero-order chi connectivity index (χ0) is 13.1. The molecule has 0 aliphatic carbocycles. The van der Waals surface area contributed by atoms with Crippen molar-refractivity contribution in [2.24, 2.45) is 0 Å². The van der Waals surface area contributed by atoms with E-state index in [1.807, 2.05) is 13.0 Å². The number of carbonyl (C=O) groups is 1. The van der Waals surface area contributed by atoms with Gasteiger partial charge in [0.1, 0.15) is 0 Å². The largest absolute Gasteiger partial charge is 0.396 e. The summed E-state index contributed by atoms with van der Waals surface area (Å²) in [7, 11) is 0. The van der Waals surface area contributed by atoms with E-state index in [4.69, 9.17) is 17.3 Å². The number of rotatable bonds is 4. The molecule has 0 fully saturated rings. The average molecular weight is 285 g/mol. The lowest BCUT2D eigenvalue weighted by Crippen LogP contribution is -2.23. The Kier molecular flexibility index (Phi) is 3.88. The van der Waals surface area contributed by atoms with Crippen LogP contribution in [0.1, 0.15) is 22.3 Å². The minimum absolute atomic E-state index is 0.263. The van der Waals surface area contributed by atoms with Crippen molar-refractivity contribution in [2.75, 3.05) is 5.73 Å². The molecule has 0 aliphatic rings. The highest BCUT2D eigenvalue weighted by molar-refractivity contribution is 7.16. The van der Waals surface area contributed by atoms with E-state index in [-0.39, 0.29) is 11.6 Å². The molecule has 0 spiro atoms. The Morgan fingerprint density at radius 1 is 1.61 bits per heavy atom. The second-order valence-corrected chi connectivity index (χ2v) is 5.48. The van der Waals surface area contributed by atoms with E-state index in [1.165, 1.54) is 11.3 Å². The third-order valence-corrected chi connectivity index (χ3v) is 3.61. The van der Waals surface area contributed by atoms with Gasteiger partial charge in [0, 0.05) is 17.6 Å². The molecule has 2 heterocycles. The topological polar surface area (TPSA) is 72.9 Å². The monoisotopic (exact) mass is 284 g/mol. The van der Waals surface area contributed by atoms with Gasteiger partial charge in [-0.2, -0.15) is 5.10 Å². The number of aryl methyl sites for hydroxylation is 1. The van der Waals surface area contributed by atoms with E-state index in [1.54, 1.807) is 16.9 Å². The van der Waals surface area contributed by atoms with Gasteiger partial charge in [-0.25, -0.2) is 0 Å². The van der Waals surface area contributed by atoms with Crippen LogP contribution in [-0.4, -0.2) is 15.7 Å². The number of nitrogens with zero attached hydrogens (tertiary/aromatic N) is 2. The molecular weight excluding hydrogens is 272 g/mol. The SMILES string of the molecule is CCn1cc(N)c(C(=O)NCc2ccc(Cl)s2)n1. The van der Waals surface area contributed by atoms with Gasteiger partial charge in [-0.1, -0.05) is 11.6 Å². The molecule has 5 nitrogen and oxygen atoms in total. The highest BCUT2D eigenvalue weighted by atomic mass is 35.5. The van der Waals surface area contributed by atoms with Gasteiger partial charge in [-0.3, -0.25) is 9.48 Å². The normalized spacial score (nSPS) is 10.6. The van der Waals surface area contributed by atoms with Crippen molar-refractivity contribution in [3.8, 4) is 0 Å². The molecular formula is C11H13ClN4OS. The van der Waals surface area contributed by atoms with Gasteiger partial charge in [0.05, 0.1) is 16.6 Å². The van der Waals surface area contributed by atoms with Crippen molar-refractivity contribution in [1.82, 2.24) is 15.1 Å². The van der Waals surface area contributed by atoms with E-state index < -0.39 is 0 Å². The maximum absolute atomic E-state index is 11.9. The maximum Gasteiger partial charge on any atom is 0.274 e. The van der Waals surface area contributed by atoms with Crippen molar-refractivity contribution in [2.45, 2.75) is 20.0 Å². The zero-order valence-corrected chi connectivity index (χ0v) is 11.4. The van der Waals surface area contributed by atoms with Gasteiger partial charge in [0.2, 0.25) is 0 Å². The summed E-state index contributed by atoms with van der Waals surface area (Å²) in [5.41, 5.74) is 6.38. The molecule has 3 N–H and O–H groups in total. The molecule has 2 aromatic heterocycles. The molecule has 0 atom stereocenters. The lowest BCUT2D eigenvalue weighted by Gasteiger charge is -2.01. The van der Waals surface area contributed by atoms with Crippen LogP contribution in [-0.2, 0) is 13.1 Å². The minimum Gasteiger partial charge on any atom is -0.396 e. The fourth-order valence-electron chi connectivity index (χ4n) is 1.47. The van der Waals surface area contributed by atoms with Crippen LogP contribution >= 0.6 is 22.9 Å². The molecule has 2 aromatic rings.